The Morgan fingerprint density at radius 1 is 0.375 bits per heavy atom. The third kappa shape index (κ3) is 42.0. The van der Waals surface area contributed by atoms with Gasteiger partial charge in [0.1, 0.15) is 13.2 Å². The van der Waals surface area contributed by atoms with E-state index >= 15 is 0 Å². The van der Waals surface area contributed by atoms with E-state index in [1.54, 1.807) is 0 Å². The summed E-state index contributed by atoms with van der Waals surface area (Å²) >= 11 is 0. The number of rotatable bonds is 40. The zero-order valence-electron chi connectivity index (χ0n) is 36.4. The first-order valence-corrected chi connectivity index (χ1v) is 22.9. The van der Waals surface area contributed by atoms with Crippen molar-refractivity contribution < 1.29 is 28.6 Å². The smallest absolute Gasteiger partial charge is 0.306 e. The summed E-state index contributed by atoms with van der Waals surface area (Å²) in [6, 6.07) is 0. The number of hydrogen-bond acceptors (Lipinski definition) is 6. The summed E-state index contributed by atoms with van der Waals surface area (Å²) in [7, 11) is 0. The Labute approximate surface area is 344 Å². The number of carbonyl (C=O) groups is 3. The minimum atomic E-state index is -0.798. The topological polar surface area (TPSA) is 78.9 Å². The SMILES string of the molecule is CC/C=C\C/C=C\C/C=C\C/C=C\C/C=C\CCCC(=O)OC[C@@H](COC(=O)CCCCCCCCCCC)OC(=O)CCCCCCC/C=C\CCCCC. The minimum Gasteiger partial charge on any atom is -0.462 e. The second kappa shape index (κ2) is 44.6. The van der Waals surface area contributed by atoms with Gasteiger partial charge in [0.25, 0.3) is 0 Å². The molecule has 0 aromatic rings. The fourth-order valence-corrected chi connectivity index (χ4v) is 6.00. The van der Waals surface area contributed by atoms with E-state index in [-0.39, 0.29) is 37.5 Å². The van der Waals surface area contributed by atoms with Gasteiger partial charge in [0.15, 0.2) is 6.10 Å². The molecule has 56 heavy (non-hydrogen) atoms. The number of allylic oxidation sites excluding steroid dienone is 12. The highest BCUT2D eigenvalue weighted by Crippen LogP contribution is 2.13. The van der Waals surface area contributed by atoms with Gasteiger partial charge in [0.2, 0.25) is 0 Å². The zero-order chi connectivity index (χ0) is 40.8. The molecule has 0 amide bonds. The summed E-state index contributed by atoms with van der Waals surface area (Å²) in [4.78, 5) is 37.7. The standard InChI is InChI=1S/C50H84O6/c1-4-7-10-13-16-19-21-23-24-25-26-27-29-31-34-37-40-43-49(52)55-46-47(45-54-48(51)42-39-36-33-30-18-15-12-9-6-3)56-50(53)44-41-38-35-32-28-22-20-17-14-11-8-5-2/h7,10,16-17,19-20,23-24,26-27,31,34,47H,4-6,8-9,11-15,18,21-22,25,28-30,32-33,35-46H2,1-3H3/b10-7-,19-16-,20-17-,24-23-,27-26-,34-31-/t47-/m1/s1. The molecule has 0 aromatic heterocycles. The van der Waals surface area contributed by atoms with E-state index in [1.165, 1.54) is 70.6 Å². The molecule has 6 nitrogen and oxygen atoms in total. The van der Waals surface area contributed by atoms with Crippen LogP contribution in [0.5, 0.6) is 0 Å². The van der Waals surface area contributed by atoms with E-state index in [0.717, 1.165) is 89.9 Å². The molecule has 1 atom stereocenters. The summed E-state index contributed by atoms with van der Waals surface area (Å²) in [6.45, 7) is 6.40. The van der Waals surface area contributed by atoms with Crippen LogP contribution in [0.15, 0.2) is 72.9 Å². The lowest BCUT2D eigenvalue weighted by Gasteiger charge is -2.18. The van der Waals surface area contributed by atoms with E-state index < -0.39 is 6.10 Å². The zero-order valence-corrected chi connectivity index (χ0v) is 36.4. The number of ether oxygens (including phenoxy) is 3. The summed E-state index contributed by atoms with van der Waals surface area (Å²) in [5, 5.41) is 0. The number of hydrogen-bond donors (Lipinski definition) is 0. The molecule has 0 radical (unpaired) electrons. The first-order valence-electron chi connectivity index (χ1n) is 22.9. The van der Waals surface area contributed by atoms with Gasteiger partial charge in [-0.25, -0.2) is 0 Å². The van der Waals surface area contributed by atoms with Gasteiger partial charge >= 0.3 is 17.9 Å². The monoisotopic (exact) mass is 781 g/mol. The van der Waals surface area contributed by atoms with Crippen molar-refractivity contribution in [2.45, 2.75) is 213 Å². The Morgan fingerprint density at radius 2 is 0.714 bits per heavy atom. The highest BCUT2D eigenvalue weighted by molar-refractivity contribution is 5.71. The molecule has 0 spiro atoms. The average Bonchev–Trinajstić information content (AvgIpc) is 3.19. The largest absolute Gasteiger partial charge is 0.462 e. The molecule has 0 heterocycles. The molecule has 0 aliphatic rings. The molecule has 0 rings (SSSR count). The van der Waals surface area contributed by atoms with Crippen molar-refractivity contribution in [1.29, 1.82) is 0 Å². The molecule has 0 bridgehead atoms. The van der Waals surface area contributed by atoms with Gasteiger partial charge in [0, 0.05) is 19.3 Å². The lowest BCUT2D eigenvalue weighted by molar-refractivity contribution is -0.167. The molecule has 320 valence electrons. The highest BCUT2D eigenvalue weighted by Gasteiger charge is 2.19. The van der Waals surface area contributed by atoms with E-state index in [0.29, 0.717) is 19.3 Å². The van der Waals surface area contributed by atoms with Crippen LogP contribution < -0.4 is 0 Å². The number of unbranched alkanes of at least 4 members (excludes halogenated alkanes) is 17. The lowest BCUT2D eigenvalue weighted by Crippen LogP contribution is -2.30. The normalized spacial score (nSPS) is 12.7. The predicted octanol–water partition coefficient (Wildman–Crippen LogP) is 14.7. The van der Waals surface area contributed by atoms with Crippen molar-refractivity contribution >= 4 is 17.9 Å². The van der Waals surface area contributed by atoms with Crippen molar-refractivity contribution in [3.05, 3.63) is 72.9 Å². The van der Waals surface area contributed by atoms with Crippen molar-refractivity contribution in [2.75, 3.05) is 13.2 Å². The fourth-order valence-electron chi connectivity index (χ4n) is 6.00. The maximum Gasteiger partial charge on any atom is 0.306 e. The number of esters is 3. The third-order valence-electron chi connectivity index (χ3n) is 9.45. The quantitative estimate of drug-likeness (QED) is 0.0267. The summed E-state index contributed by atoms with van der Waals surface area (Å²) in [5.41, 5.74) is 0. The maximum absolute atomic E-state index is 12.7. The molecule has 0 aliphatic heterocycles. The molecule has 0 aromatic carbocycles. The van der Waals surface area contributed by atoms with E-state index in [1.807, 2.05) is 0 Å². The van der Waals surface area contributed by atoms with Gasteiger partial charge in [-0.2, -0.15) is 0 Å². The van der Waals surface area contributed by atoms with Crippen LogP contribution in [0, 0.1) is 0 Å². The van der Waals surface area contributed by atoms with Gasteiger partial charge in [-0.3, -0.25) is 14.4 Å². The number of carbonyl (C=O) groups excluding carboxylic acids is 3. The Hall–Kier alpha value is -3.15. The molecule has 0 saturated carbocycles. The second-order valence-corrected chi connectivity index (χ2v) is 14.9. The summed E-state index contributed by atoms with van der Waals surface area (Å²) < 4.78 is 16.6. The first kappa shape index (κ1) is 52.9. The lowest BCUT2D eigenvalue weighted by atomic mass is 10.1. The molecule has 0 N–H and O–H groups in total. The molecular formula is C50H84O6. The molecule has 0 unspecified atom stereocenters. The van der Waals surface area contributed by atoms with Gasteiger partial charge in [-0.1, -0.05) is 177 Å². The minimum absolute atomic E-state index is 0.0960. The van der Waals surface area contributed by atoms with Crippen LogP contribution in [-0.2, 0) is 28.6 Å². The van der Waals surface area contributed by atoms with E-state index in [4.69, 9.17) is 14.2 Å². The van der Waals surface area contributed by atoms with E-state index in [2.05, 4.69) is 93.7 Å². The Kier molecular flexibility index (Phi) is 42.1. The fraction of sp³-hybridized carbons (Fsp3) is 0.700. The van der Waals surface area contributed by atoms with Crippen molar-refractivity contribution in [2.24, 2.45) is 0 Å². The second-order valence-electron chi connectivity index (χ2n) is 14.9. The first-order chi connectivity index (χ1) is 27.5. The van der Waals surface area contributed by atoms with E-state index in [9.17, 15) is 14.4 Å². The molecule has 0 saturated heterocycles. The van der Waals surface area contributed by atoms with Gasteiger partial charge in [0.05, 0.1) is 0 Å². The van der Waals surface area contributed by atoms with Crippen LogP contribution in [0.3, 0.4) is 0 Å². The molecular weight excluding hydrogens is 697 g/mol. The Bertz CT molecular complexity index is 1080. The summed E-state index contributed by atoms with van der Waals surface area (Å²) in [6.07, 6.45) is 54.6. The molecule has 0 aliphatic carbocycles. The third-order valence-corrected chi connectivity index (χ3v) is 9.45. The van der Waals surface area contributed by atoms with Crippen molar-refractivity contribution in [3.63, 3.8) is 0 Å². The molecule has 0 fully saturated rings. The van der Waals surface area contributed by atoms with Crippen LogP contribution >= 0.6 is 0 Å². The van der Waals surface area contributed by atoms with Gasteiger partial charge in [-0.05, 0) is 83.5 Å². The highest BCUT2D eigenvalue weighted by atomic mass is 16.6. The predicted molar refractivity (Wildman–Crippen MR) is 238 cm³/mol. The van der Waals surface area contributed by atoms with Crippen molar-refractivity contribution in [3.8, 4) is 0 Å². The van der Waals surface area contributed by atoms with Crippen LogP contribution in [0.1, 0.15) is 207 Å². The van der Waals surface area contributed by atoms with Crippen LogP contribution in [0.2, 0.25) is 0 Å². The van der Waals surface area contributed by atoms with Gasteiger partial charge in [-0.15, -0.1) is 0 Å². The Morgan fingerprint density at radius 3 is 1.21 bits per heavy atom. The molecule has 6 heteroatoms. The van der Waals surface area contributed by atoms with Gasteiger partial charge < -0.3 is 14.2 Å². The Balaban J connectivity index is 4.46. The maximum atomic E-state index is 12.7. The van der Waals surface area contributed by atoms with Crippen LogP contribution in [0.25, 0.3) is 0 Å². The van der Waals surface area contributed by atoms with Crippen LogP contribution in [0.4, 0.5) is 0 Å². The average molecular weight is 781 g/mol. The van der Waals surface area contributed by atoms with Crippen molar-refractivity contribution in [1.82, 2.24) is 0 Å². The van der Waals surface area contributed by atoms with Crippen LogP contribution in [-0.4, -0.2) is 37.2 Å². The summed E-state index contributed by atoms with van der Waals surface area (Å²) in [5.74, 6) is -0.974.